The number of aromatic amines is 1. The second kappa shape index (κ2) is 7.66. The highest BCUT2D eigenvalue weighted by atomic mass is 32.2. The number of thioether (sulfide) groups is 1. The molecule has 0 bridgehead atoms. The number of rotatable bonds is 5. The Balaban J connectivity index is 1.51. The Morgan fingerprint density at radius 3 is 2.73 bits per heavy atom. The van der Waals surface area contributed by atoms with Crippen molar-refractivity contribution < 1.29 is 14.5 Å². The predicted molar refractivity (Wildman–Crippen MR) is 95.5 cm³/mol. The smallest absolute Gasteiger partial charge is 0.270 e. The molecular formula is C16H13N5O4S. The van der Waals surface area contributed by atoms with E-state index in [4.69, 9.17) is 0 Å². The highest BCUT2D eigenvalue weighted by molar-refractivity contribution is 7.99. The first kappa shape index (κ1) is 17.4. The average molecular weight is 371 g/mol. The summed E-state index contributed by atoms with van der Waals surface area (Å²) < 4.78 is 0. The van der Waals surface area contributed by atoms with E-state index in [-0.39, 0.29) is 17.0 Å². The van der Waals surface area contributed by atoms with Gasteiger partial charge in [0.15, 0.2) is 5.16 Å². The number of carbonyl (C=O) groups is 2. The third-order valence-corrected chi connectivity index (χ3v) is 4.22. The van der Waals surface area contributed by atoms with Gasteiger partial charge in [0.05, 0.1) is 21.7 Å². The Bertz CT molecular complexity index is 954. The number of amides is 2. The lowest BCUT2D eigenvalue weighted by Gasteiger charge is -2.06. The molecule has 26 heavy (non-hydrogen) atoms. The number of nitrogens with zero attached hydrogens (tertiary/aromatic N) is 2. The largest absolute Gasteiger partial charge is 0.333 e. The molecule has 10 heteroatoms. The number of hydrogen-bond acceptors (Lipinski definition) is 6. The summed E-state index contributed by atoms with van der Waals surface area (Å²) >= 11 is 1.19. The summed E-state index contributed by atoms with van der Waals surface area (Å²) in [6.07, 6.45) is 0. The van der Waals surface area contributed by atoms with Gasteiger partial charge in [-0.15, -0.1) is 0 Å². The number of nitro benzene ring substituents is 1. The Morgan fingerprint density at radius 1 is 1.15 bits per heavy atom. The molecule has 9 nitrogen and oxygen atoms in total. The number of H-pyrrole nitrogens is 1. The van der Waals surface area contributed by atoms with E-state index in [0.717, 1.165) is 17.1 Å². The van der Waals surface area contributed by atoms with Crippen LogP contribution in [-0.4, -0.2) is 32.5 Å². The SMILES string of the molecule is O=C(CSc1nc2ccccc2[nH]1)NNC(=O)c1cccc([N+](=O)[O-])c1. The van der Waals surface area contributed by atoms with E-state index in [2.05, 4.69) is 20.8 Å². The van der Waals surface area contributed by atoms with Crippen molar-refractivity contribution in [3.8, 4) is 0 Å². The number of non-ortho nitro benzene ring substituents is 1. The molecular weight excluding hydrogens is 358 g/mol. The molecule has 0 radical (unpaired) electrons. The molecule has 0 atom stereocenters. The Kier molecular flexibility index (Phi) is 5.13. The molecule has 3 N–H and O–H groups in total. The van der Waals surface area contributed by atoms with Crippen molar-refractivity contribution in [2.45, 2.75) is 5.16 Å². The van der Waals surface area contributed by atoms with Gasteiger partial charge in [-0.3, -0.25) is 30.6 Å². The van der Waals surface area contributed by atoms with Crippen molar-refractivity contribution in [3.05, 3.63) is 64.2 Å². The highest BCUT2D eigenvalue weighted by Crippen LogP contribution is 2.18. The van der Waals surface area contributed by atoms with Gasteiger partial charge in [0.1, 0.15) is 0 Å². The molecule has 1 aromatic heterocycles. The summed E-state index contributed by atoms with van der Waals surface area (Å²) in [5, 5.41) is 11.3. The molecule has 0 aliphatic carbocycles. The Hall–Kier alpha value is -3.40. The first-order valence-corrected chi connectivity index (χ1v) is 8.42. The van der Waals surface area contributed by atoms with E-state index in [1.165, 1.54) is 30.0 Å². The van der Waals surface area contributed by atoms with Crippen LogP contribution in [0.15, 0.2) is 53.7 Å². The molecule has 0 spiro atoms. The van der Waals surface area contributed by atoms with Crippen molar-refractivity contribution in [3.63, 3.8) is 0 Å². The molecule has 1 heterocycles. The van der Waals surface area contributed by atoms with E-state index in [1.54, 1.807) is 0 Å². The second-order valence-electron chi connectivity index (χ2n) is 5.16. The number of nitro groups is 1. The molecule has 0 saturated carbocycles. The number of para-hydroxylation sites is 2. The number of nitrogens with one attached hydrogen (secondary N) is 3. The minimum Gasteiger partial charge on any atom is -0.333 e. The maximum absolute atomic E-state index is 11.9. The van der Waals surface area contributed by atoms with Crippen LogP contribution in [0.4, 0.5) is 5.69 Å². The van der Waals surface area contributed by atoms with Gasteiger partial charge < -0.3 is 4.98 Å². The van der Waals surface area contributed by atoms with Gasteiger partial charge in [-0.2, -0.15) is 0 Å². The van der Waals surface area contributed by atoms with Gasteiger partial charge in [0.2, 0.25) is 5.91 Å². The van der Waals surface area contributed by atoms with Crippen LogP contribution in [0.2, 0.25) is 0 Å². The van der Waals surface area contributed by atoms with Crippen LogP contribution in [0.25, 0.3) is 11.0 Å². The van der Waals surface area contributed by atoms with Crippen molar-refractivity contribution >= 4 is 40.3 Å². The molecule has 0 aliphatic rings. The van der Waals surface area contributed by atoms with Gasteiger partial charge >= 0.3 is 0 Å². The van der Waals surface area contributed by atoms with Crippen molar-refractivity contribution in [1.82, 2.24) is 20.8 Å². The minimum atomic E-state index is -0.643. The molecule has 132 valence electrons. The molecule has 3 aromatic rings. The van der Waals surface area contributed by atoms with E-state index in [1.807, 2.05) is 24.3 Å². The summed E-state index contributed by atoms with van der Waals surface area (Å²) in [7, 11) is 0. The van der Waals surface area contributed by atoms with Crippen LogP contribution < -0.4 is 10.9 Å². The number of aromatic nitrogens is 2. The molecule has 2 aromatic carbocycles. The lowest BCUT2D eigenvalue weighted by molar-refractivity contribution is -0.384. The van der Waals surface area contributed by atoms with Gasteiger partial charge in [-0.1, -0.05) is 30.0 Å². The normalized spacial score (nSPS) is 10.5. The van der Waals surface area contributed by atoms with Crippen LogP contribution in [0.1, 0.15) is 10.4 Å². The zero-order valence-corrected chi connectivity index (χ0v) is 14.1. The van der Waals surface area contributed by atoms with E-state index in [0.29, 0.717) is 5.16 Å². The number of hydrazine groups is 1. The second-order valence-corrected chi connectivity index (χ2v) is 6.12. The lowest BCUT2D eigenvalue weighted by atomic mass is 10.2. The molecule has 0 unspecified atom stereocenters. The van der Waals surface area contributed by atoms with E-state index in [9.17, 15) is 19.7 Å². The van der Waals surface area contributed by atoms with Crippen LogP contribution in [0, 0.1) is 10.1 Å². The summed E-state index contributed by atoms with van der Waals surface area (Å²) in [4.78, 5) is 41.3. The van der Waals surface area contributed by atoms with Crippen LogP contribution in [0.5, 0.6) is 0 Å². The van der Waals surface area contributed by atoms with Crippen LogP contribution in [0.3, 0.4) is 0 Å². The molecule has 0 saturated heterocycles. The van der Waals surface area contributed by atoms with E-state index < -0.39 is 16.7 Å². The standard InChI is InChI=1S/C16H13N5O4S/c22-14(9-26-16-17-12-6-1-2-7-13(12)18-16)19-20-15(23)10-4-3-5-11(8-10)21(24)25/h1-8H,9H2,(H,17,18)(H,19,22)(H,20,23). The van der Waals surface area contributed by atoms with Crippen LogP contribution >= 0.6 is 11.8 Å². The van der Waals surface area contributed by atoms with Gasteiger partial charge in [0, 0.05) is 17.7 Å². The van der Waals surface area contributed by atoms with Crippen molar-refractivity contribution in [1.29, 1.82) is 0 Å². The Morgan fingerprint density at radius 2 is 1.96 bits per heavy atom. The fourth-order valence-electron chi connectivity index (χ4n) is 2.13. The maximum Gasteiger partial charge on any atom is 0.270 e. The third-order valence-electron chi connectivity index (χ3n) is 3.34. The van der Waals surface area contributed by atoms with Gasteiger partial charge in [-0.25, -0.2) is 4.98 Å². The average Bonchev–Trinajstić information content (AvgIpc) is 3.07. The topological polar surface area (TPSA) is 130 Å². The Labute approximate surface area is 151 Å². The fraction of sp³-hybridized carbons (Fsp3) is 0.0625. The zero-order chi connectivity index (χ0) is 18.5. The summed E-state index contributed by atoms with van der Waals surface area (Å²) in [5.74, 6) is -1.04. The van der Waals surface area contributed by atoms with Gasteiger partial charge in [-0.05, 0) is 18.2 Å². The molecule has 3 rings (SSSR count). The highest BCUT2D eigenvalue weighted by Gasteiger charge is 2.12. The first-order chi connectivity index (χ1) is 12.5. The van der Waals surface area contributed by atoms with Crippen LogP contribution in [-0.2, 0) is 4.79 Å². The summed E-state index contributed by atoms with van der Waals surface area (Å²) in [6, 6.07) is 12.7. The number of carbonyl (C=O) groups excluding carboxylic acids is 2. The fourth-order valence-corrected chi connectivity index (χ4v) is 2.81. The monoisotopic (exact) mass is 371 g/mol. The number of imidazole rings is 1. The minimum absolute atomic E-state index is 0.0367. The molecule has 0 aliphatic heterocycles. The maximum atomic E-state index is 11.9. The molecule has 2 amide bonds. The lowest BCUT2D eigenvalue weighted by Crippen LogP contribution is -2.42. The number of fused-ring (bicyclic) bond motifs is 1. The molecule has 0 fully saturated rings. The summed E-state index contributed by atoms with van der Waals surface area (Å²) in [5.41, 5.74) is 6.02. The van der Waals surface area contributed by atoms with E-state index >= 15 is 0 Å². The third kappa shape index (κ3) is 4.16. The number of hydrogen-bond donors (Lipinski definition) is 3. The first-order valence-electron chi connectivity index (χ1n) is 7.44. The quantitative estimate of drug-likeness (QED) is 0.357. The number of benzene rings is 2. The predicted octanol–water partition coefficient (Wildman–Crippen LogP) is 2.02. The van der Waals surface area contributed by atoms with Crippen molar-refractivity contribution in [2.24, 2.45) is 0 Å². The van der Waals surface area contributed by atoms with Gasteiger partial charge in [0.25, 0.3) is 11.6 Å². The van der Waals surface area contributed by atoms with Crippen molar-refractivity contribution in [2.75, 3.05) is 5.75 Å². The zero-order valence-electron chi connectivity index (χ0n) is 13.3. The summed E-state index contributed by atoms with van der Waals surface area (Å²) in [6.45, 7) is 0.